The summed E-state index contributed by atoms with van der Waals surface area (Å²) in [4.78, 5) is 8.03. The number of benzene rings is 2. The zero-order valence-corrected chi connectivity index (χ0v) is 11.7. The van der Waals surface area contributed by atoms with Crippen molar-refractivity contribution in [2.24, 2.45) is 0 Å². The lowest BCUT2D eigenvalue weighted by molar-refractivity contribution is 1.29. The van der Waals surface area contributed by atoms with Gasteiger partial charge in [-0.15, -0.1) is 0 Å². The largest absolute Gasteiger partial charge is 0.256 e. The van der Waals surface area contributed by atoms with E-state index < -0.39 is 0 Å². The molecule has 3 rings (SSSR count). The zero-order valence-electron chi connectivity index (χ0n) is 11.7. The van der Waals surface area contributed by atoms with Gasteiger partial charge in [-0.3, -0.25) is 4.98 Å². The standard InChI is InChI=1S/C19H14N2/c1-14-11-19(16-9-6-10-17(12-16)20-2)21-13-18(14)15-7-4-3-5-8-15/h3-13H,1H3. The summed E-state index contributed by atoms with van der Waals surface area (Å²) in [7, 11) is 0. The molecule has 2 nitrogen and oxygen atoms in total. The highest BCUT2D eigenvalue weighted by atomic mass is 14.7. The molecule has 1 heterocycles. The van der Waals surface area contributed by atoms with Crippen LogP contribution in [-0.2, 0) is 0 Å². The van der Waals surface area contributed by atoms with Crippen LogP contribution in [0.15, 0.2) is 66.9 Å². The second-order valence-corrected chi connectivity index (χ2v) is 4.91. The van der Waals surface area contributed by atoms with E-state index in [0.717, 1.165) is 16.8 Å². The molecule has 0 aliphatic heterocycles. The predicted molar refractivity (Wildman–Crippen MR) is 86.1 cm³/mol. The van der Waals surface area contributed by atoms with Crippen LogP contribution in [0.5, 0.6) is 0 Å². The van der Waals surface area contributed by atoms with Crippen LogP contribution in [0.1, 0.15) is 5.56 Å². The van der Waals surface area contributed by atoms with Crippen molar-refractivity contribution in [3.8, 4) is 22.4 Å². The minimum absolute atomic E-state index is 0.638. The number of pyridine rings is 1. The molecule has 0 N–H and O–H groups in total. The second-order valence-electron chi connectivity index (χ2n) is 4.91. The van der Waals surface area contributed by atoms with Crippen molar-refractivity contribution in [1.29, 1.82) is 0 Å². The number of hydrogen-bond donors (Lipinski definition) is 0. The highest BCUT2D eigenvalue weighted by Gasteiger charge is 2.06. The van der Waals surface area contributed by atoms with Gasteiger partial charge in [0.1, 0.15) is 0 Å². The van der Waals surface area contributed by atoms with E-state index in [0.29, 0.717) is 5.69 Å². The van der Waals surface area contributed by atoms with Gasteiger partial charge in [-0.1, -0.05) is 48.5 Å². The van der Waals surface area contributed by atoms with Crippen molar-refractivity contribution in [1.82, 2.24) is 4.98 Å². The average molecular weight is 270 g/mol. The highest BCUT2D eigenvalue weighted by Crippen LogP contribution is 2.28. The van der Waals surface area contributed by atoms with Crippen LogP contribution in [-0.4, -0.2) is 4.98 Å². The molecule has 3 aromatic rings. The summed E-state index contributed by atoms with van der Waals surface area (Å²) in [5, 5.41) is 0. The molecule has 0 fully saturated rings. The first-order valence-corrected chi connectivity index (χ1v) is 6.78. The molecule has 0 unspecified atom stereocenters. The van der Waals surface area contributed by atoms with Crippen molar-refractivity contribution >= 4 is 5.69 Å². The second kappa shape index (κ2) is 5.60. The van der Waals surface area contributed by atoms with Gasteiger partial charge in [0.2, 0.25) is 0 Å². The van der Waals surface area contributed by atoms with E-state index in [1.165, 1.54) is 11.1 Å². The molecule has 100 valence electrons. The molecule has 2 aromatic carbocycles. The van der Waals surface area contributed by atoms with Crippen molar-refractivity contribution in [2.75, 3.05) is 0 Å². The fourth-order valence-electron chi connectivity index (χ4n) is 2.37. The third-order valence-corrected chi connectivity index (χ3v) is 3.47. The van der Waals surface area contributed by atoms with E-state index in [4.69, 9.17) is 6.57 Å². The van der Waals surface area contributed by atoms with E-state index in [2.05, 4.69) is 35.0 Å². The molecule has 21 heavy (non-hydrogen) atoms. The van der Waals surface area contributed by atoms with E-state index >= 15 is 0 Å². The van der Waals surface area contributed by atoms with Gasteiger partial charge < -0.3 is 0 Å². The summed E-state index contributed by atoms with van der Waals surface area (Å²) in [6, 6.07) is 19.9. The molecular formula is C19H14N2. The molecule has 1 aromatic heterocycles. The normalized spacial score (nSPS) is 10.1. The third-order valence-electron chi connectivity index (χ3n) is 3.47. The zero-order chi connectivity index (χ0) is 14.7. The lowest BCUT2D eigenvalue weighted by Crippen LogP contribution is -1.89. The number of rotatable bonds is 2. The summed E-state index contributed by atoms with van der Waals surface area (Å²) in [6.45, 7) is 9.19. The van der Waals surface area contributed by atoms with E-state index in [1.54, 1.807) is 0 Å². The monoisotopic (exact) mass is 270 g/mol. The molecule has 0 bridgehead atoms. The molecule has 0 aliphatic carbocycles. The van der Waals surface area contributed by atoms with Crippen LogP contribution in [0.25, 0.3) is 27.2 Å². The molecule has 0 saturated carbocycles. The van der Waals surface area contributed by atoms with Crippen LogP contribution in [0.3, 0.4) is 0 Å². The SMILES string of the molecule is [C-]#[N+]c1cccc(-c2cc(C)c(-c3ccccc3)cn2)c1. The van der Waals surface area contributed by atoms with Gasteiger partial charge in [-0.2, -0.15) is 0 Å². The first kappa shape index (κ1) is 13.1. The van der Waals surface area contributed by atoms with Gasteiger partial charge in [0.15, 0.2) is 5.69 Å². The molecule has 0 spiro atoms. The van der Waals surface area contributed by atoms with Crippen LogP contribution in [0.4, 0.5) is 5.69 Å². The van der Waals surface area contributed by atoms with Crippen molar-refractivity contribution < 1.29 is 0 Å². The maximum absolute atomic E-state index is 7.10. The minimum Gasteiger partial charge on any atom is -0.256 e. The molecule has 0 atom stereocenters. The topological polar surface area (TPSA) is 17.2 Å². The Labute approximate surface area is 124 Å². The summed E-state index contributed by atoms with van der Waals surface area (Å²) < 4.78 is 0. The molecule has 0 amide bonds. The molecule has 0 saturated heterocycles. The van der Waals surface area contributed by atoms with Gasteiger partial charge in [0.05, 0.1) is 12.3 Å². The highest BCUT2D eigenvalue weighted by molar-refractivity contribution is 5.71. The Hall–Kier alpha value is -2.92. The number of aromatic nitrogens is 1. The van der Waals surface area contributed by atoms with Crippen LogP contribution in [0, 0.1) is 13.5 Å². The quantitative estimate of drug-likeness (QED) is 0.579. The van der Waals surface area contributed by atoms with E-state index in [9.17, 15) is 0 Å². The van der Waals surface area contributed by atoms with Gasteiger partial charge in [-0.25, -0.2) is 4.85 Å². The first-order valence-electron chi connectivity index (χ1n) is 6.78. The summed E-state index contributed by atoms with van der Waals surface area (Å²) in [6.07, 6.45) is 1.91. The Kier molecular flexibility index (Phi) is 3.49. The Morgan fingerprint density at radius 3 is 2.38 bits per heavy atom. The van der Waals surface area contributed by atoms with E-state index in [1.807, 2.05) is 48.7 Å². The number of hydrogen-bond acceptors (Lipinski definition) is 1. The third kappa shape index (κ3) is 2.68. The van der Waals surface area contributed by atoms with Crippen LogP contribution >= 0.6 is 0 Å². The summed E-state index contributed by atoms with van der Waals surface area (Å²) in [5.41, 5.74) is 6.01. The minimum atomic E-state index is 0.638. The van der Waals surface area contributed by atoms with Gasteiger partial charge in [0, 0.05) is 11.8 Å². The smallest absolute Gasteiger partial charge is 0.187 e. The van der Waals surface area contributed by atoms with Crippen LogP contribution in [0.2, 0.25) is 0 Å². The maximum Gasteiger partial charge on any atom is 0.187 e. The van der Waals surface area contributed by atoms with Crippen molar-refractivity contribution in [3.05, 3.63) is 83.8 Å². The fraction of sp³-hybridized carbons (Fsp3) is 0.0526. The lowest BCUT2D eigenvalue weighted by atomic mass is 10.0. The molecule has 0 aliphatic rings. The maximum atomic E-state index is 7.10. The van der Waals surface area contributed by atoms with Crippen molar-refractivity contribution in [3.63, 3.8) is 0 Å². The van der Waals surface area contributed by atoms with E-state index in [-0.39, 0.29) is 0 Å². The van der Waals surface area contributed by atoms with Crippen molar-refractivity contribution in [2.45, 2.75) is 6.92 Å². The summed E-state index contributed by atoms with van der Waals surface area (Å²) in [5.74, 6) is 0. The van der Waals surface area contributed by atoms with Gasteiger partial charge in [0.25, 0.3) is 0 Å². The van der Waals surface area contributed by atoms with Gasteiger partial charge in [-0.05, 0) is 35.7 Å². The number of aryl methyl sites for hydroxylation is 1. The summed E-state index contributed by atoms with van der Waals surface area (Å²) >= 11 is 0. The number of nitrogens with zero attached hydrogens (tertiary/aromatic N) is 2. The molecular weight excluding hydrogens is 256 g/mol. The Morgan fingerprint density at radius 2 is 1.67 bits per heavy atom. The van der Waals surface area contributed by atoms with Crippen LogP contribution < -0.4 is 0 Å². The Balaban J connectivity index is 2.04. The fourth-order valence-corrected chi connectivity index (χ4v) is 2.37. The first-order chi connectivity index (χ1) is 10.3. The van der Waals surface area contributed by atoms with Gasteiger partial charge >= 0.3 is 0 Å². The Bertz CT molecular complexity index is 814. The molecule has 2 heteroatoms. The lowest BCUT2D eigenvalue weighted by Gasteiger charge is -2.08. The molecule has 0 radical (unpaired) electrons. The average Bonchev–Trinajstić information content (AvgIpc) is 2.55. The Morgan fingerprint density at radius 1 is 0.905 bits per heavy atom. The predicted octanol–water partition coefficient (Wildman–Crippen LogP) is 5.27.